The van der Waals surface area contributed by atoms with Crippen molar-refractivity contribution in [3.63, 3.8) is 0 Å². The van der Waals surface area contributed by atoms with Crippen LogP contribution in [0.3, 0.4) is 0 Å². The number of nitrogens with two attached hydrogens (primary N) is 1. The molecule has 0 radical (unpaired) electrons. The van der Waals surface area contributed by atoms with Crippen LogP contribution in [0.1, 0.15) is 11.9 Å². The Labute approximate surface area is 112 Å². The van der Waals surface area contributed by atoms with Crippen LogP contribution < -0.4 is 5.73 Å². The molecule has 90 valence electrons. The highest BCUT2D eigenvalue weighted by Gasteiger charge is 2.15. The van der Waals surface area contributed by atoms with Crippen LogP contribution in [0.25, 0.3) is 11.5 Å². The summed E-state index contributed by atoms with van der Waals surface area (Å²) in [7, 11) is 1.58. The molecule has 1 heterocycles. The summed E-state index contributed by atoms with van der Waals surface area (Å²) in [6, 6.07) is 7.47. The first-order chi connectivity index (χ1) is 8.20. The van der Waals surface area contributed by atoms with Gasteiger partial charge in [-0.2, -0.15) is 4.98 Å². The molecule has 0 amide bonds. The molecule has 0 aliphatic heterocycles. The Hall–Kier alpha value is -0.990. The molecular weight excluding hydrogens is 333 g/mol. The lowest BCUT2D eigenvalue weighted by atomic mass is 10.2. The lowest BCUT2D eigenvalue weighted by Gasteiger charge is -2.03. The molecule has 0 aliphatic carbocycles. The molecule has 0 bridgehead atoms. The lowest BCUT2D eigenvalue weighted by molar-refractivity contribution is 0.177. The zero-order chi connectivity index (χ0) is 12.3. The summed E-state index contributed by atoms with van der Waals surface area (Å²) in [5.41, 5.74) is 6.70. The predicted octanol–water partition coefficient (Wildman–Crippen LogP) is 1.99. The normalized spacial score (nSPS) is 12.6. The molecule has 0 saturated heterocycles. The van der Waals surface area contributed by atoms with Gasteiger partial charge >= 0.3 is 0 Å². The van der Waals surface area contributed by atoms with E-state index >= 15 is 0 Å². The van der Waals surface area contributed by atoms with Gasteiger partial charge in [0.25, 0.3) is 5.89 Å². The standard InChI is InChI=1S/C11H12IN3O2/c1-16-6-9(13)10-14-11(17-15-10)7-3-2-4-8(12)5-7/h2-5,9H,6,13H2,1H3. The fourth-order valence-corrected chi connectivity index (χ4v) is 1.92. The van der Waals surface area contributed by atoms with Gasteiger partial charge in [-0.05, 0) is 40.8 Å². The Morgan fingerprint density at radius 3 is 3.06 bits per heavy atom. The average molecular weight is 345 g/mol. The van der Waals surface area contributed by atoms with Crippen molar-refractivity contribution in [2.24, 2.45) is 5.73 Å². The maximum Gasteiger partial charge on any atom is 0.258 e. The molecule has 5 nitrogen and oxygen atoms in total. The minimum absolute atomic E-state index is 0.361. The molecule has 0 fully saturated rings. The van der Waals surface area contributed by atoms with Crippen LogP contribution in [0.5, 0.6) is 0 Å². The number of methoxy groups -OCH3 is 1. The number of aromatic nitrogens is 2. The summed E-state index contributed by atoms with van der Waals surface area (Å²) in [5.74, 6) is 0.936. The van der Waals surface area contributed by atoms with Gasteiger partial charge in [0.15, 0.2) is 5.82 Å². The minimum Gasteiger partial charge on any atom is -0.383 e. The van der Waals surface area contributed by atoms with Gasteiger partial charge in [-0.1, -0.05) is 11.2 Å². The molecule has 0 aliphatic rings. The maximum absolute atomic E-state index is 5.82. The quantitative estimate of drug-likeness (QED) is 0.858. The van der Waals surface area contributed by atoms with Crippen molar-refractivity contribution in [2.75, 3.05) is 13.7 Å². The van der Waals surface area contributed by atoms with E-state index in [2.05, 4.69) is 32.7 Å². The second kappa shape index (κ2) is 5.56. The zero-order valence-corrected chi connectivity index (χ0v) is 11.4. The van der Waals surface area contributed by atoms with E-state index in [0.29, 0.717) is 18.3 Å². The van der Waals surface area contributed by atoms with Crippen LogP contribution in [-0.2, 0) is 4.74 Å². The van der Waals surface area contributed by atoms with E-state index in [9.17, 15) is 0 Å². The summed E-state index contributed by atoms with van der Waals surface area (Å²) in [4.78, 5) is 4.25. The Balaban J connectivity index is 2.23. The monoisotopic (exact) mass is 345 g/mol. The van der Waals surface area contributed by atoms with E-state index in [1.54, 1.807) is 7.11 Å². The van der Waals surface area contributed by atoms with E-state index in [0.717, 1.165) is 9.13 Å². The molecule has 1 atom stereocenters. The first kappa shape index (κ1) is 12.5. The number of hydrogen-bond acceptors (Lipinski definition) is 5. The Morgan fingerprint density at radius 2 is 2.35 bits per heavy atom. The first-order valence-electron chi connectivity index (χ1n) is 5.05. The fourth-order valence-electron chi connectivity index (χ4n) is 1.38. The summed E-state index contributed by atoms with van der Waals surface area (Å²) < 4.78 is 11.2. The third kappa shape index (κ3) is 3.02. The molecule has 2 N–H and O–H groups in total. The van der Waals surface area contributed by atoms with Crippen LogP contribution in [0.15, 0.2) is 28.8 Å². The summed E-state index contributed by atoms with van der Waals surface area (Å²) in [6.45, 7) is 0.366. The molecule has 1 unspecified atom stereocenters. The molecular formula is C11H12IN3O2. The van der Waals surface area contributed by atoms with Gasteiger partial charge in [-0.25, -0.2) is 0 Å². The molecule has 2 aromatic rings. The van der Waals surface area contributed by atoms with Crippen molar-refractivity contribution in [2.45, 2.75) is 6.04 Å². The van der Waals surface area contributed by atoms with Gasteiger partial charge in [0.05, 0.1) is 12.6 Å². The van der Waals surface area contributed by atoms with Crippen LogP contribution in [0.2, 0.25) is 0 Å². The van der Waals surface area contributed by atoms with E-state index in [-0.39, 0.29) is 6.04 Å². The Kier molecular flexibility index (Phi) is 4.08. The SMILES string of the molecule is COCC(N)c1noc(-c2cccc(I)c2)n1. The fraction of sp³-hybridized carbons (Fsp3) is 0.273. The average Bonchev–Trinajstić information content (AvgIpc) is 2.78. The van der Waals surface area contributed by atoms with E-state index in [4.69, 9.17) is 15.0 Å². The van der Waals surface area contributed by atoms with E-state index in [1.807, 2.05) is 24.3 Å². The number of ether oxygens (including phenoxy) is 1. The Morgan fingerprint density at radius 1 is 1.53 bits per heavy atom. The second-order valence-corrected chi connectivity index (χ2v) is 4.78. The smallest absolute Gasteiger partial charge is 0.258 e. The van der Waals surface area contributed by atoms with E-state index < -0.39 is 0 Å². The van der Waals surface area contributed by atoms with E-state index in [1.165, 1.54) is 0 Å². The van der Waals surface area contributed by atoms with Gasteiger partial charge < -0.3 is 15.0 Å². The molecule has 1 aromatic carbocycles. The van der Waals surface area contributed by atoms with Crippen molar-refractivity contribution >= 4 is 22.6 Å². The van der Waals surface area contributed by atoms with Gasteiger partial charge in [0.1, 0.15) is 0 Å². The second-order valence-electron chi connectivity index (χ2n) is 3.53. The van der Waals surface area contributed by atoms with Crippen molar-refractivity contribution < 1.29 is 9.26 Å². The highest BCUT2D eigenvalue weighted by molar-refractivity contribution is 14.1. The molecule has 0 spiro atoms. The molecule has 1 aromatic heterocycles. The zero-order valence-electron chi connectivity index (χ0n) is 9.26. The highest BCUT2D eigenvalue weighted by Crippen LogP contribution is 2.20. The number of halogens is 1. The molecule has 6 heteroatoms. The lowest BCUT2D eigenvalue weighted by Crippen LogP contribution is -2.17. The number of rotatable bonds is 4. The van der Waals surface area contributed by atoms with Crippen LogP contribution >= 0.6 is 22.6 Å². The van der Waals surface area contributed by atoms with Crippen LogP contribution in [-0.4, -0.2) is 23.9 Å². The van der Waals surface area contributed by atoms with Crippen molar-refractivity contribution in [3.05, 3.63) is 33.7 Å². The van der Waals surface area contributed by atoms with Gasteiger partial charge in [-0.3, -0.25) is 0 Å². The minimum atomic E-state index is -0.361. The molecule has 2 rings (SSSR count). The van der Waals surface area contributed by atoms with Gasteiger partial charge in [0, 0.05) is 16.2 Å². The summed E-state index contributed by atoms with van der Waals surface area (Å²) in [6.07, 6.45) is 0. The third-order valence-corrected chi connectivity index (χ3v) is 2.86. The summed E-state index contributed by atoms with van der Waals surface area (Å²) >= 11 is 2.23. The topological polar surface area (TPSA) is 74.2 Å². The van der Waals surface area contributed by atoms with Gasteiger partial charge in [0.2, 0.25) is 0 Å². The number of benzene rings is 1. The number of nitrogens with zero attached hydrogens (tertiary/aromatic N) is 2. The molecule has 17 heavy (non-hydrogen) atoms. The summed E-state index contributed by atoms with van der Waals surface area (Å²) in [5, 5.41) is 3.85. The Bertz CT molecular complexity index is 501. The maximum atomic E-state index is 5.82. The van der Waals surface area contributed by atoms with Crippen LogP contribution in [0.4, 0.5) is 0 Å². The first-order valence-corrected chi connectivity index (χ1v) is 6.12. The largest absolute Gasteiger partial charge is 0.383 e. The third-order valence-electron chi connectivity index (χ3n) is 2.19. The highest BCUT2D eigenvalue weighted by atomic mass is 127. The van der Waals surface area contributed by atoms with Gasteiger partial charge in [-0.15, -0.1) is 0 Å². The van der Waals surface area contributed by atoms with Crippen molar-refractivity contribution in [1.29, 1.82) is 0 Å². The van der Waals surface area contributed by atoms with Crippen molar-refractivity contribution in [1.82, 2.24) is 10.1 Å². The predicted molar refractivity (Wildman–Crippen MR) is 71.3 cm³/mol. The number of hydrogen-bond donors (Lipinski definition) is 1. The molecule has 0 saturated carbocycles. The van der Waals surface area contributed by atoms with Crippen molar-refractivity contribution in [3.8, 4) is 11.5 Å². The van der Waals surface area contributed by atoms with Crippen LogP contribution in [0, 0.1) is 3.57 Å².